The number of para-hydroxylation sites is 1. The number of ether oxygens (including phenoxy) is 1. The number of aromatic nitrogens is 1. The molecule has 3 heterocycles. The standard InChI is InChI=1S/C25H24N2O3/c28-24(22-10-4-8-18-9-5-13-26-23(18)22)19-14-20-11-12-21(15-19)27(20)25(29)30-16-17-6-2-1-3-7-17/h1-10,13,19-21H,11-12,14-16H2. The maximum absolute atomic E-state index is 13.3. The van der Waals surface area contributed by atoms with E-state index in [2.05, 4.69) is 4.98 Å². The van der Waals surface area contributed by atoms with Crippen molar-refractivity contribution < 1.29 is 14.3 Å². The van der Waals surface area contributed by atoms with Crippen molar-refractivity contribution in [1.82, 2.24) is 9.88 Å². The molecule has 0 saturated carbocycles. The lowest BCUT2D eigenvalue weighted by atomic mass is 9.84. The van der Waals surface area contributed by atoms with Gasteiger partial charge in [-0.3, -0.25) is 9.78 Å². The number of amides is 1. The number of ketones is 1. The van der Waals surface area contributed by atoms with Crippen molar-refractivity contribution in [2.75, 3.05) is 0 Å². The molecule has 2 atom stereocenters. The monoisotopic (exact) mass is 400 g/mol. The molecule has 2 saturated heterocycles. The molecule has 30 heavy (non-hydrogen) atoms. The predicted molar refractivity (Wildman–Crippen MR) is 114 cm³/mol. The van der Waals surface area contributed by atoms with Crippen LogP contribution < -0.4 is 0 Å². The van der Waals surface area contributed by atoms with Crippen LogP contribution in [-0.4, -0.2) is 33.8 Å². The molecule has 2 aromatic carbocycles. The summed E-state index contributed by atoms with van der Waals surface area (Å²) in [7, 11) is 0. The third-order valence-corrected chi connectivity index (χ3v) is 6.42. The largest absolute Gasteiger partial charge is 0.445 e. The fourth-order valence-electron chi connectivity index (χ4n) is 5.01. The van der Waals surface area contributed by atoms with Gasteiger partial charge in [0.25, 0.3) is 0 Å². The van der Waals surface area contributed by atoms with E-state index in [9.17, 15) is 9.59 Å². The van der Waals surface area contributed by atoms with E-state index in [1.165, 1.54) is 0 Å². The van der Waals surface area contributed by atoms with Gasteiger partial charge in [-0.2, -0.15) is 0 Å². The molecule has 0 aliphatic carbocycles. The van der Waals surface area contributed by atoms with Crippen LogP contribution in [0, 0.1) is 5.92 Å². The van der Waals surface area contributed by atoms with Gasteiger partial charge in [0.05, 0.1) is 5.52 Å². The smallest absolute Gasteiger partial charge is 0.410 e. The number of hydrogen-bond donors (Lipinski definition) is 0. The van der Waals surface area contributed by atoms with E-state index in [4.69, 9.17) is 4.74 Å². The van der Waals surface area contributed by atoms with Gasteiger partial charge < -0.3 is 9.64 Å². The van der Waals surface area contributed by atoms with Crippen molar-refractivity contribution in [1.29, 1.82) is 0 Å². The highest BCUT2D eigenvalue weighted by Gasteiger charge is 2.46. The highest BCUT2D eigenvalue weighted by atomic mass is 16.6. The normalized spacial score (nSPS) is 22.8. The molecule has 1 aromatic heterocycles. The Morgan fingerprint density at radius 3 is 2.43 bits per heavy atom. The van der Waals surface area contributed by atoms with Gasteiger partial charge in [0, 0.05) is 35.1 Å². The van der Waals surface area contributed by atoms with Crippen LogP contribution in [0.2, 0.25) is 0 Å². The lowest BCUT2D eigenvalue weighted by Gasteiger charge is -2.37. The average Bonchev–Trinajstić information content (AvgIpc) is 3.06. The number of carbonyl (C=O) groups is 2. The number of carbonyl (C=O) groups excluding carboxylic acids is 2. The van der Waals surface area contributed by atoms with Crippen LogP contribution in [-0.2, 0) is 11.3 Å². The van der Waals surface area contributed by atoms with Crippen molar-refractivity contribution in [2.24, 2.45) is 5.92 Å². The third-order valence-electron chi connectivity index (χ3n) is 6.42. The minimum absolute atomic E-state index is 0.0731. The number of benzene rings is 2. The van der Waals surface area contributed by atoms with Gasteiger partial charge >= 0.3 is 6.09 Å². The van der Waals surface area contributed by atoms with Crippen LogP contribution in [0.4, 0.5) is 4.79 Å². The third kappa shape index (κ3) is 3.45. The molecular weight excluding hydrogens is 376 g/mol. The van der Waals surface area contributed by atoms with Crippen LogP contribution >= 0.6 is 0 Å². The minimum Gasteiger partial charge on any atom is -0.445 e. The Kier molecular flexibility index (Phi) is 4.95. The summed E-state index contributed by atoms with van der Waals surface area (Å²) in [4.78, 5) is 32.4. The summed E-state index contributed by atoms with van der Waals surface area (Å²) in [6.07, 6.45) is 4.72. The summed E-state index contributed by atoms with van der Waals surface area (Å²) in [6.45, 7) is 0.277. The maximum Gasteiger partial charge on any atom is 0.410 e. The molecule has 0 radical (unpaired) electrons. The van der Waals surface area contributed by atoms with Crippen molar-refractivity contribution in [3.8, 4) is 0 Å². The molecule has 5 nitrogen and oxygen atoms in total. The number of Topliss-reactive ketones (excluding diaryl/α,β-unsaturated/α-hetero) is 1. The van der Waals surface area contributed by atoms with E-state index >= 15 is 0 Å². The molecule has 2 fully saturated rings. The first-order valence-electron chi connectivity index (χ1n) is 10.6. The van der Waals surface area contributed by atoms with Crippen LogP contribution in [0.15, 0.2) is 66.9 Å². The molecule has 5 heteroatoms. The summed E-state index contributed by atoms with van der Waals surface area (Å²) in [6, 6.07) is 19.5. The van der Waals surface area contributed by atoms with E-state index in [-0.39, 0.29) is 36.5 Å². The Balaban J connectivity index is 1.29. The Morgan fingerprint density at radius 2 is 1.67 bits per heavy atom. The Bertz CT molecular complexity index is 1060. The van der Waals surface area contributed by atoms with E-state index in [0.29, 0.717) is 18.4 Å². The van der Waals surface area contributed by atoms with Gasteiger partial charge in [0.1, 0.15) is 6.61 Å². The van der Waals surface area contributed by atoms with Gasteiger partial charge in [0.15, 0.2) is 5.78 Å². The van der Waals surface area contributed by atoms with E-state index in [1.807, 2.05) is 65.6 Å². The van der Waals surface area contributed by atoms with Gasteiger partial charge in [-0.15, -0.1) is 0 Å². The Hall–Kier alpha value is -3.21. The minimum atomic E-state index is -0.260. The summed E-state index contributed by atoms with van der Waals surface area (Å²) in [5, 5.41) is 0.980. The van der Waals surface area contributed by atoms with Crippen LogP contribution in [0.3, 0.4) is 0 Å². The fraction of sp³-hybridized carbons (Fsp3) is 0.320. The number of pyridine rings is 1. The lowest BCUT2D eigenvalue weighted by molar-refractivity contribution is 0.0485. The second-order valence-electron chi connectivity index (χ2n) is 8.25. The zero-order chi connectivity index (χ0) is 20.5. The molecular formula is C25H24N2O3. The number of rotatable bonds is 4. The lowest BCUT2D eigenvalue weighted by Crippen LogP contribution is -2.48. The topological polar surface area (TPSA) is 59.5 Å². The molecule has 5 rings (SSSR count). The van der Waals surface area contributed by atoms with Gasteiger partial charge in [-0.05, 0) is 43.4 Å². The molecule has 3 aromatic rings. The van der Waals surface area contributed by atoms with E-state index in [1.54, 1.807) is 6.20 Å². The molecule has 2 aliphatic heterocycles. The van der Waals surface area contributed by atoms with Gasteiger partial charge in [0.2, 0.25) is 0 Å². The molecule has 2 unspecified atom stereocenters. The quantitative estimate of drug-likeness (QED) is 0.579. The van der Waals surface area contributed by atoms with E-state index in [0.717, 1.165) is 29.3 Å². The van der Waals surface area contributed by atoms with Crippen LogP contribution in [0.25, 0.3) is 10.9 Å². The Morgan fingerprint density at radius 1 is 0.933 bits per heavy atom. The molecule has 2 aliphatic rings. The highest BCUT2D eigenvalue weighted by molar-refractivity contribution is 6.07. The zero-order valence-electron chi connectivity index (χ0n) is 16.7. The zero-order valence-corrected chi connectivity index (χ0v) is 16.7. The molecule has 0 N–H and O–H groups in total. The first-order chi connectivity index (χ1) is 14.7. The fourth-order valence-corrected chi connectivity index (χ4v) is 5.01. The number of fused-ring (bicyclic) bond motifs is 3. The van der Waals surface area contributed by atoms with Gasteiger partial charge in [-0.1, -0.05) is 48.5 Å². The molecule has 1 amide bonds. The van der Waals surface area contributed by atoms with Crippen LogP contribution in [0.5, 0.6) is 0 Å². The summed E-state index contributed by atoms with van der Waals surface area (Å²) < 4.78 is 5.58. The molecule has 2 bridgehead atoms. The van der Waals surface area contributed by atoms with Crippen molar-refractivity contribution in [2.45, 2.75) is 44.4 Å². The number of nitrogens with zero attached hydrogens (tertiary/aromatic N) is 2. The highest BCUT2D eigenvalue weighted by Crippen LogP contribution is 2.40. The summed E-state index contributed by atoms with van der Waals surface area (Å²) >= 11 is 0. The SMILES string of the molecule is O=C(c1cccc2cccnc12)C1CC2CCC(C1)N2C(=O)OCc1ccccc1. The van der Waals surface area contributed by atoms with Crippen molar-refractivity contribution >= 4 is 22.8 Å². The maximum atomic E-state index is 13.3. The number of piperidine rings is 1. The Labute approximate surface area is 175 Å². The molecule has 152 valence electrons. The van der Waals surface area contributed by atoms with Crippen LogP contribution in [0.1, 0.15) is 41.6 Å². The first kappa shape index (κ1) is 18.8. The molecule has 0 spiro atoms. The van der Waals surface area contributed by atoms with E-state index < -0.39 is 0 Å². The van der Waals surface area contributed by atoms with Gasteiger partial charge in [-0.25, -0.2) is 4.79 Å². The van der Waals surface area contributed by atoms with Crippen molar-refractivity contribution in [3.05, 3.63) is 78.0 Å². The summed E-state index contributed by atoms with van der Waals surface area (Å²) in [5.41, 5.74) is 2.44. The average molecular weight is 400 g/mol. The second-order valence-corrected chi connectivity index (χ2v) is 8.25. The first-order valence-corrected chi connectivity index (χ1v) is 10.6. The number of hydrogen-bond acceptors (Lipinski definition) is 4. The predicted octanol–water partition coefficient (Wildman–Crippen LogP) is 5.00. The second kappa shape index (κ2) is 7.90. The van der Waals surface area contributed by atoms with Crippen molar-refractivity contribution in [3.63, 3.8) is 0 Å². The summed E-state index contributed by atoms with van der Waals surface area (Å²) in [5.74, 6) is 0.0711.